The molecule has 19 heavy (non-hydrogen) atoms. The molecule has 1 aliphatic heterocycles. The van der Waals surface area contributed by atoms with Crippen LogP contribution in [0, 0.1) is 0 Å². The van der Waals surface area contributed by atoms with Crippen LogP contribution >= 0.6 is 11.3 Å². The van der Waals surface area contributed by atoms with E-state index in [2.05, 4.69) is 9.72 Å². The lowest BCUT2D eigenvalue weighted by molar-refractivity contribution is -0.139. The SMILES string of the molecule is COC(=O)Cc1csc(-c2ccc3c(c2)OCO3)n1. The number of rotatable bonds is 3. The molecule has 0 fully saturated rings. The van der Waals surface area contributed by atoms with Gasteiger partial charge in [-0.25, -0.2) is 4.98 Å². The van der Waals surface area contributed by atoms with Crippen molar-refractivity contribution in [1.82, 2.24) is 4.98 Å². The van der Waals surface area contributed by atoms with Crippen LogP contribution in [0.3, 0.4) is 0 Å². The maximum Gasteiger partial charge on any atom is 0.311 e. The Kier molecular flexibility index (Phi) is 3.08. The van der Waals surface area contributed by atoms with Gasteiger partial charge in [0.05, 0.1) is 19.2 Å². The highest BCUT2D eigenvalue weighted by atomic mass is 32.1. The molecule has 98 valence electrons. The van der Waals surface area contributed by atoms with Gasteiger partial charge in [0.1, 0.15) is 5.01 Å². The van der Waals surface area contributed by atoms with Gasteiger partial charge in [-0.1, -0.05) is 0 Å². The van der Waals surface area contributed by atoms with Gasteiger partial charge >= 0.3 is 5.97 Å². The molecule has 0 spiro atoms. The van der Waals surface area contributed by atoms with E-state index in [1.807, 2.05) is 23.6 Å². The van der Waals surface area contributed by atoms with Gasteiger partial charge in [0.25, 0.3) is 0 Å². The van der Waals surface area contributed by atoms with Crippen molar-refractivity contribution >= 4 is 17.3 Å². The van der Waals surface area contributed by atoms with Gasteiger partial charge in [-0.2, -0.15) is 0 Å². The summed E-state index contributed by atoms with van der Waals surface area (Å²) in [5.74, 6) is 1.18. The fourth-order valence-electron chi connectivity index (χ4n) is 1.77. The number of fused-ring (bicyclic) bond motifs is 1. The Morgan fingerprint density at radius 2 is 2.26 bits per heavy atom. The van der Waals surface area contributed by atoms with Gasteiger partial charge in [-0.05, 0) is 18.2 Å². The van der Waals surface area contributed by atoms with E-state index in [-0.39, 0.29) is 19.2 Å². The van der Waals surface area contributed by atoms with Gasteiger partial charge in [0.2, 0.25) is 6.79 Å². The molecule has 2 heterocycles. The first-order chi connectivity index (χ1) is 9.26. The molecule has 1 aromatic heterocycles. The molecular formula is C13H11NO4S. The Balaban J connectivity index is 1.84. The number of thiazole rings is 1. The lowest BCUT2D eigenvalue weighted by Crippen LogP contribution is -2.04. The molecule has 2 aromatic rings. The zero-order valence-electron chi connectivity index (χ0n) is 10.2. The number of carbonyl (C=O) groups excluding carboxylic acids is 1. The number of aromatic nitrogens is 1. The molecule has 0 bridgehead atoms. The molecule has 0 atom stereocenters. The number of ether oxygens (including phenoxy) is 3. The van der Waals surface area contributed by atoms with Crippen LogP contribution in [-0.4, -0.2) is 24.9 Å². The Bertz CT molecular complexity index is 623. The van der Waals surface area contributed by atoms with Crippen molar-refractivity contribution in [2.75, 3.05) is 13.9 Å². The predicted octanol–water partition coefficient (Wildman–Crippen LogP) is 2.25. The molecule has 1 aliphatic rings. The molecule has 0 N–H and O–H groups in total. The summed E-state index contributed by atoms with van der Waals surface area (Å²) >= 11 is 1.49. The molecular weight excluding hydrogens is 266 g/mol. The largest absolute Gasteiger partial charge is 0.469 e. The van der Waals surface area contributed by atoms with Crippen LogP contribution in [0.15, 0.2) is 23.6 Å². The van der Waals surface area contributed by atoms with Gasteiger partial charge in [0.15, 0.2) is 11.5 Å². The topological polar surface area (TPSA) is 57.7 Å². The van der Waals surface area contributed by atoms with E-state index in [4.69, 9.17) is 9.47 Å². The number of nitrogens with zero attached hydrogens (tertiary/aromatic N) is 1. The van der Waals surface area contributed by atoms with Crippen molar-refractivity contribution in [1.29, 1.82) is 0 Å². The van der Waals surface area contributed by atoms with E-state index in [1.54, 1.807) is 0 Å². The smallest absolute Gasteiger partial charge is 0.311 e. The molecule has 0 unspecified atom stereocenters. The predicted molar refractivity (Wildman–Crippen MR) is 69.4 cm³/mol. The molecule has 3 rings (SSSR count). The third-order valence-electron chi connectivity index (χ3n) is 2.72. The van der Waals surface area contributed by atoms with Crippen molar-refractivity contribution < 1.29 is 19.0 Å². The van der Waals surface area contributed by atoms with E-state index in [0.29, 0.717) is 5.69 Å². The van der Waals surface area contributed by atoms with Crippen LogP contribution in [0.5, 0.6) is 11.5 Å². The van der Waals surface area contributed by atoms with Crippen LogP contribution in [0.4, 0.5) is 0 Å². The van der Waals surface area contributed by atoms with E-state index in [9.17, 15) is 4.79 Å². The third kappa shape index (κ3) is 2.39. The molecule has 0 saturated heterocycles. The van der Waals surface area contributed by atoms with Crippen LogP contribution in [0.1, 0.15) is 5.69 Å². The van der Waals surface area contributed by atoms with Crippen molar-refractivity contribution in [2.45, 2.75) is 6.42 Å². The van der Waals surface area contributed by atoms with Crippen LogP contribution in [-0.2, 0) is 16.0 Å². The highest BCUT2D eigenvalue weighted by Gasteiger charge is 2.15. The monoisotopic (exact) mass is 277 g/mol. The fourth-order valence-corrected chi connectivity index (χ4v) is 2.59. The Morgan fingerprint density at radius 3 is 3.11 bits per heavy atom. The minimum atomic E-state index is -0.289. The summed E-state index contributed by atoms with van der Waals surface area (Å²) in [5, 5.41) is 2.70. The summed E-state index contributed by atoms with van der Waals surface area (Å²) in [6.45, 7) is 0.254. The second kappa shape index (κ2) is 4.89. The van der Waals surface area contributed by atoms with Gasteiger partial charge < -0.3 is 14.2 Å². The van der Waals surface area contributed by atoms with E-state index in [0.717, 1.165) is 22.1 Å². The fraction of sp³-hybridized carbons (Fsp3) is 0.231. The van der Waals surface area contributed by atoms with Crippen molar-refractivity contribution in [3.8, 4) is 22.1 Å². The summed E-state index contributed by atoms with van der Waals surface area (Å²) in [7, 11) is 1.37. The first kappa shape index (κ1) is 12.0. The highest BCUT2D eigenvalue weighted by molar-refractivity contribution is 7.13. The first-order valence-corrected chi connectivity index (χ1v) is 6.55. The zero-order chi connectivity index (χ0) is 13.2. The van der Waals surface area contributed by atoms with Gasteiger partial charge in [0, 0.05) is 10.9 Å². The third-order valence-corrected chi connectivity index (χ3v) is 3.66. The number of carbonyl (C=O) groups is 1. The van der Waals surface area contributed by atoms with Crippen molar-refractivity contribution in [2.24, 2.45) is 0 Å². The summed E-state index contributed by atoms with van der Waals surface area (Å²) in [6.07, 6.45) is 0.192. The second-order valence-electron chi connectivity index (χ2n) is 3.96. The average molecular weight is 277 g/mol. The number of benzene rings is 1. The maximum atomic E-state index is 11.2. The lowest BCUT2D eigenvalue weighted by Gasteiger charge is -1.99. The second-order valence-corrected chi connectivity index (χ2v) is 4.82. The van der Waals surface area contributed by atoms with Crippen LogP contribution in [0.2, 0.25) is 0 Å². The molecule has 0 amide bonds. The van der Waals surface area contributed by atoms with E-state index >= 15 is 0 Å². The van der Waals surface area contributed by atoms with E-state index in [1.165, 1.54) is 18.4 Å². The van der Waals surface area contributed by atoms with Gasteiger partial charge in [-0.3, -0.25) is 4.79 Å². The van der Waals surface area contributed by atoms with Crippen molar-refractivity contribution in [3.05, 3.63) is 29.3 Å². The Labute approximate surface area is 113 Å². The first-order valence-electron chi connectivity index (χ1n) is 5.67. The van der Waals surface area contributed by atoms with Crippen molar-refractivity contribution in [3.63, 3.8) is 0 Å². The minimum Gasteiger partial charge on any atom is -0.469 e. The molecule has 0 aliphatic carbocycles. The maximum absolute atomic E-state index is 11.2. The molecule has 0 saturated carbocycles. The number of methoxy groups -OCH3 is 1. The standard InChI is InChI=1S/C13H11NO4S/c1-16-12(15)5-9-6-19-13(14-9)8-2-3-10-11(4-8)18-7-17-10/h2-4,6H,5,7H2,1H3. The molecule has 5 nitrogen and oxygen atoms in total. The number of hydrogen-bond donors (Lipinski definition) is 0. The van der Waals surface area contributed by atoms with E-state index < -0.39 is 0 Å². The van der Waals surface area contributed by atoms with Gasteiger partial charge in [-0.15, -0.1) is 11.3 Å². The summed E-state index contributed by atoms with van der Waals surface area (Å²) in [4.78, 5) is 15.6. The zero-order valence-corrected chi connectivity index (χ0v) is 11.0. The van der Waals surface area contributed by atoms with Crippen LogP contribution in [0.25, 0.3) is 10.6 Å². The number of hydrogen-bond acceptors (Lipinski definition) is 6. The highest BCUT2D eigenvalue weighted by Crippen LogP contribution is 2.36. The summed E-state index contributed by atoms with van der Waals surface area (Å²) in [6, 6.07) is 5.68. The quantitative estimate of drug-likeness (QED) is 0.805. The minimum absolute atomic E-state index is 0.192. The summed E-state index contributed by atoms with van der Waals surface area (Å²) < 4.78 is 15.2. The van der Waals surface area contributed by atoms with Crippen LogP contribution < -0.4 is 9.47 Å². The number of esters is 1. The normalized spacial score (nSPS) is 12.5. The molecule has 0 radical (unpaired) electrons. The molecule has 6 heteroatoms. The Hall–Kier alpha value is -2.08. The lowest BCUT2D eigenvalue weighted by atomic mass is 10.2. The summed E-state index contributed by atoms with van der Waals surface area (Å²) in [5.41, 5.74) is 1.66. The molecule has 1 aromatic carbocycles. The average Bonchev–Trinajstić information content (AvgIpc) is 3.05. The Morgan fingerprint density at radius 1 is 1.42 bits per heavy atom.